The molecule has 1 amide bonds. The molecule has 1 aromatic carbocycles. The molecule has 0 radical (unpaired) electrons. The monoisotopic (exact) mass is 292 g/mol. The topological polar surface area (TPSA) is 69.0 Å². The van der Waals surface area contributed by atoms with Crippen LogP contribution >= 0.6 is 0 Å². The van der Waals surface area contributed by atoms with E-state index >= 15 is 0 Å². The predicted octanol–water partition coefficient (Wildman–Crippen LogP) is 2.17. The van der Waals surface area contributed by atoms with Crippen molar-refractivity contribution in [2.45, 2.75) is 6.42 Å². The van der Waals surface area contributed by atoms with Crippen LogP contribution in [0.15, 0.2) is 48.7 Å². The maximum absolute atomic E-state index is 12.4. The van der Waals surface area contributed by atoms with E-state index in [-0.39, 0.29) is 11.8 Å². The molecule has 1 atom stereocenters. The molecule has 1 aliphatic heterocycles. The van der Waals surface area contributed by atoms with Crippen LogP contribution in [0.3, 0.4) is 0 Å². The third-order valence-corrected chi connectivity index (χ3v) is 3.81. The van der Waals surface area contributed by atoms with Crippen LogP contribution in [0.5, 0.6) is 0 Å². The van der Waals surface area contributed by atoms with Crippen LogP contribution in [0.2, 0.25) is 0 Å². The Morgan fingerprint density at radius 3 is 2.77 bits per heavy atom. The van der Waals surface area contributed by atoms with E-state index in [1.54, 1.807) is 12.3 Å². The summed E-state index contributed by atoms with van der Waals surface area (Å²) in [6, 6.07) is 13.5. The van der Waals surface area contributed by atoms with Crippen molar-refractivity contribution in [1.82, 2.24) is 10.3 Å². The van der Waals surface area contributed by atoms with E-state index in [4.69, 9.17) is 0 Å². The number of nitriles is 1. The van der Waals surface area contributed by atoms with Crippen molar-refractivity contribution in [3.05, 3.63) is 48.7 Å². The molecule has 1 fully saturated rings. The average Bonchev–Trinajstić information content (AvgIpc) is 3.11. The number of pyridine rings is 1. The van der Waals surface area contributed by atoms with Gasteiger partial charge in [-0.05, 0) is 36.2 Å². The lowest BCUT2D eigenvalue weighted by molar-refractivity contribution is -0.121. The summed E-state index contributed by atoms with van der Waals surface area (Å²) in [5.41, 5.74) is 1.96. The number of anilines is 1. The second-order valence-corrected chi connectivity index (χ2v) is 5.23. The Labute approximate surface area is 129 Å². The fraction of sp³-hybridized carbons (Fsp3) is 0.235. The summed E-state index contributed by atoms with van der Waals surface area (Å²) in [5, 5.41) is 12.5. The maximum atomic E-state index is 12.4. The number of hydrogen-bond donors (Lipinski definition) is 1. The standard InChI is InChI=1S/C17H16N4O/c18-12-21(17(22)15-6-8-19-11-15)16-10-14(7-9-20-16)13-4-2-1-3-5-13/h1-5,7,9-10,15,19H,6,8,11H2. The third-order valence-electron chi connectivity index (χ3n) is 3.81. The normalized spacial score (nSPS) is 17.0. The van der Waals surface area contributed by atoms with Crippen LogP contribution < -0.4 is 10.2 Å². The molecule has 0 spiro atoms. The van der Waals surface area contributed by atoms with Crippen molar-refractivity contribution >= 4 is 11.7 Å². The van der Waals surface area contributed by atoms with Crippen LogP contribution in [0, 0.1) is 17.4 Å². The average molecular weight is 292 g/mol. The van der Waals surface area contributed by atoms with Gasteiger partial charge in [-0.15, -0.1) is 0 Å². The van der Waals surface area contributed by atoms with E-state index in [1.807, 2.05) is 42.6 Å². The summed E-state index contributed by atoms with van der Waals surface area (Å²) in [6.45, 7) is 1.43. The number of hydrogen-bond acceptors (Lipinski definition) is 4. The highest BCUT2D eigenvalue weighted by Crippen LogP contribution is 2.24. The Kier molecular flexibility index (Phi) is 4.12. The van der Waals surface area contributed by atoms with Crippen molar-refractivity contribution in [2.75, 3.05) is 18.0 Å². The number of amides is 1. The molecular weight excluding hydrogens is 276 g/mol. The van der Waals surface area contributed by atoms with Crippen LogP contribution in [-0.4, -0.2) is 24.0 Å². The van der Waals surface area contributed by atoms with Crippen molar-refractivity contribution in [2.24, 2.45) is 5.92 Å². The zero-order valence-corrected chi connectivity index (χ0v) is 12.1. The molecular formula is C17H16N4O. The lowest BCUT2D eigenvalue weighted by Gasteiger charge is -2.17. The molecule has 110 valence electrons. The fourth-order valence-corrected chi connectivity index (χ4v) is 2.61. The Bertz CT molecular complexity index is 702. The van der Waals surface area contributed by atoms with E-state index < -0.39 is 0 Å². The van der Waals surface area contributed by atoms with Gasteiger partial charge in [0.05, 0.1) is 5.92 Å². The molecule has 5 heteroatoms. The predicted molar refractivity (Wildman–Crippen MR) is 83.7 cm³/mol. The number of rotatable bonds is 3. The lowest BCUT2D eigenvalue weighted by Crippen LogP contribution is -2.34. The van der Waals surface area contributed by atoms with Crippen molar-refractivity contribution < 1.29 is 4.79 Å². The first-order valence-electron chi connectivity index (χ1n) is 7.25. The van der Waals surface area contributed by atoms with Crippen molar-refractivity contribution in [3.63, 3.8) is 0 Å². The van der Waals surface area contributed by atoms with Gasteiger partial charge in [0, 0.05) is 12.7 Å². The van der Waals surface area contributed by atoms with Crippen molar-refractivity contribution in [1.29, 1.82) is 5.26 Å². The van der Waals surface area contributed by atoms with Gasteiger partial charge < -0.3 is 5.32 Å². The Morgan fingerprint density at radius 2 is 2.09 bits per heavy atom. The molecule has 1 aromatic heterocycles. The van der Waals surface area contributed by atoms with E-state index in [9.17, 15) is 10.1 Å². The van der Waals surface area contributed by atoms with Gasteiger partial charge in [-0.3, -0.25) is 4.79 Å². The molecule has 2 heterocycles. The molecule has 5 nitrogen and oxygen atoms in total. The maximum Gasteiger partial charge on any atom is 0.246 e. The molecule has 3 rings (SSSR count). The largest absolute Gasteiger partial charge is 0.316 e. The summed E-state index contributed by atoms with van der Waals surface area (Å²) in [6.07, 6.45) is 4.35. The Morgan fingerprint density at radius 1 is 1.27 bits per heavy atom. The number of benzene rings is 1. The SMILES string of the molecule is N#CN(C(=O)C1CCNC1)c1cc(-c2ccccc2)ccn1. The van der Waals surface area contributed by atoms with Gasteiger partial charge in [-0.25, -0.2) is 4.98 Å². The molecule has 22 heavy (non-hydrogen) atoms. The zero-order chi connectivity index (χ0) is 15.4. The molecule has 1 N–H and O–H groups in total. The van der Waals surface area contributed by atoms with Crippen LogP contribution in [0.4, 0.5) is 5.82 Å². The second kappa shape index (κ2) is 6.37. The fourth-order valence-electron chi connectivity index (χ4n) is 2.61. The van der Waals surface area contributed by atoms with E-state index in [1.165, 1.54) is 0 Å². The number of carbonyl (C=O) groups is 1. The molecule has 0 bridgehead atoms. The van der Waals surface area contributed by atoms with Gasteiger partial charge in [0.2, 0.25) is 5.91 Å². The minimum absolute atomic E-state index is 0.151. The summed E-state index contributed by atoms with van der Waals surface area (Å²) in [5.74, 6) is 0.0350. The summed E-state index contributed by atoms with van der Waals surface area (Å²) >= 11 is 0. The number of nitrogens with zero attached hydrogens (tertiary/aromatic N) is 3. The molecule has 0 saturated carbocycles. The van der Waals surface area contributed by atoms with Gasteiger partial charge >= 0.3 is 0 Å². The second-order valence-electron chi connectivity index (χ2n) is 5.23. The number of carbonyl (C=O) groups excluding carboxylic acids is 1. The van der Waals surface area contributed by atoms with E-state index in [2.05, 4.69) is 10.3 Å². The van der Waals surface area contributed by atoms with Crippen LogP contribution in [0.25, 0.3) is 11.1 Å². The zero-order valence-electron chi connectivity index (χ0n) is 12.1. The van der Waals surface area contributed by atoms with E-state index in [0.29, 0.717) is 12.4 Å². The molecule has 1 aliphatic rings. The Hall–Kier alpha value is -2.71. The third kappa shape index (κ3) is 2.83. The van der Waals surface area contributed by atoms with Gasteiger partial charge in [0.15, 0.2) is 6.19 Å². The quantitative estimate of drug-likeness (QED) is 0.695. The van der Waals surface area contributed by atoms with Crippen LogP contribution in [0.1, 0.15) is 6.42 Å². The number of aromatic nitrogens is 1. The summed E-state index contributed by atoms with van der Waals surface area (Å²) in [4.78, 5) is 17.7. The van der Waals surface area contributed by atoms with Gasteiger partial charge in [-0.2, -0.15) is 10.2 Å². The van der Waals surface area contributed by atoms with E-state index in [0.717, 1.165) is 29.0 Å². The van der Waals surface area contributed by atoms with Crippen molar-refractivity contribution in [3.8, 4) is 17.3 Å². The molecule has 1 saturated heterocycles. The van der Waals surface area contributed by atoms with Gasteiger partial charge in [0.1, 0.15) is 5.82 Å². The minimum atomic E-state index is -0.190. The molecule has 0 aliphatic carbocycles. The first-order valence-corrected chi connectivity index (χ1v) is 7.25. The first kappa shape index (κ1) is 14.2. The van der Waals surface area contributed by atoms with Gasteiger partial charge in [0.25, 0.3) is 0 Å². The summed E-state index contributed by atoms with van der Waals surface area (Å²) < 4.78 is 0. The summed E-state index contributed by atoms with van der Waals surface area (Å²) in [7, 11) is 0. The highest BCUT2D eigenvalue weighted by Gasteiger charge is 2.29. The first-order chi connectivity index (χ1) is 10.8. The highest BCUT2D eigenvalue weighted by molar-refractivity contribution is 5.97. The van der Waals surface area contributed by atoms with Gasteiger partial charge in [-0.1, -0.05) is 30.3 Å². The minimum Gasteiger partial charge on any atom is -0.316 e. The molecule has 1 unspecified atom stereocenters. The highest BCUT2D eigenvalue weighted by atomic mass is 16.2. The smallest absolute Gasteiger partial charge is 0.246 e. The number of nitrogens with one attached hydrogen (secondary N) is 1. The van der Waals surface area contributed by atoms with Crippen LogP contribution in [-0.2, 0) is 4.79 Å². The lowest BCUT2D eigenvalue weighted by atomic mass is 10.1. The Balaban J connectivity index is 1.90. The molecule has 2 aromatic rings.